The van der Waals surface area contributed by atoms with Crippen molar-refractivity contribution in [2.24, 2.45) is 0 Å². The van der Waals surface area contributed by atoms with Gasteiger partial charge in [0, 0.05) is 11.6 Å². The molecule has 4 amide bonds. The van der Waals surface area contributed by atoms with Gasteiger partial charge in [0.25, 0.3) is 5.91 Å². The summed E-state index contributed by atoms with van der Waals surface area (Å²) in [5.74, 6) is -1.86. The van der Waals surface area contributed by atoms with E-state index in [4.69, 9.17) is 9.47 Å². The number of benzene rings is 1. The number of urea groups is 1. The van der Waals surface area contributed by atoms with Gasteiger partial charge in [-0.2, -0.15) is 0 Å². The number of anilines is 1. The third-order valence-electron chi connectivity index (χ3n) is 5.21. The highest BCUT2D eigenvalue weighted by Crippen LogP contribution is 2.36. The van der Waals surface area contributed by atoms with Crippen molar-refractivity contribution in [1.82, 2.24) is 15.2 Å². The van der Waals surface area contributed by atoms with Crippen LogP contribution >= 0.6 is 11.3 Å². The number of ether oxygens (including phenoxy) is 3. The van der Waals surface area contributed by atoms with E-state index in [1.54, 1.807) is 18.2 Å². The first-order valence-corrected chi connectivity index (χ1v) is 13.1. The molecule has 0 saturated carbocycles. The molecule has 2 atom stereocenters. The van der Waals surface area contributed by atoms with Crippen molar-refractivity contribution in [3.63, 3.8) is 0 Å². The maximum absolute atomic E-state index is 13.2. The molecule has 1 aromatic carbocycles. The molecule has 0 radical (unpaired) electrons. The second kappa shape index (κ2) is 9.50. The lowest BCUT2D eigenvalue weighted by molar-refractivity contribution is -0.134. The molecule has 35 heavy (non-hydrogen) atoms. The minimum atomic E-state index is -3.53. The van der Waals surface area contributed by atoms with Crippen LogP contribution in [0.4, 0.5) is 9.93 Å². The minimum Gasteiger partial charge on any atom is -0.464 e. The number of methoxy groups -OCH3 is 1. The van der Waals surface area contributed by atoms with Crippen molar-refractivity contribution < 1.29 is 41.8 Å². The van der Waals surface area contributed by atoms with Crippen LogP contribution < -0.4 is 20.1 Å². The predicted molar refractivity (Wildman–Crippen MR) is 121 cm³/mol. The maximum Gasteiger partial charge on any atom is 0.357 e. The largest absolute Gasteiger partial charge is 0.464 e. The Morgan fingerprint density at radius 2 is 2.06 bits per heavy atom. The SMILES string of the molecule is COC(=O)c1csc(NC(=O)C(CCS(C)(=O)=O)N2C(=O)NC(c3ccc4c(c3)OCO4)C2=O)n1. The molecule has 0 bridgehead atoms. The highest BCUT2D eigenvalue weighted by molar-refractivity contribution is 7.90. The molecular weight excluding hydrogens is 504 g/mol. The average Bonchev–Trinajstić information content (AvgIpc) is 3.52. The number of carbonyl (C=O) groups excluding carboxylic acids is 4. The van der Waals surface area contributed by atoms with Crippen molar-refractivity contribution in [3.05, 3.63) is 34.8 Å². The molecule has 1 saturated heterocycles. The van der Waals surface area contributed by atoms with Crippen molar-refractivity contribution in [1.29, 1.82) is 0 Å². The minimum absolute atomic E-state index is 0.0131. The van der Waals surface area contributed by atoms with Gasteiger partial charge in [0.15, 0.2) is 22.3 Å². The molecule has 186 valence electrons. The first-order valence-electron chi connectivity index (χ1n) is 10.1. The van der Waals surface area contributed by atoms with Crippen LogP contribution in [-0.2, 0) is 24.2 Å². The van der Waals surface area contributed by atoms with E-state index in [2.05, 4.69) is 20.4 Å². The van der Waals surface area contributed by atoms with E-state index in [1.807, 2.05) is 0 Å². The monoisotopic (exact) mass is 524 g/mol. The number of hydrogen-bond acceptors (Lipinski definition) is 11. The number of sulfone groups is 1. The number of nitrogens with zero attached hydrogens (tertiary/aromatic N) is 2. The summed E-state index contributed by atoms with van der Waals surface area (Å²) in [6.07, 6.45) is 0.639. The summed E-state index contributed by atoms with van der Waals surface area (Å²) in [4.78, 5) is 55.4. The Hall–Kier alpha value is -3.72. The standard InChI is InChI=1S/C20H20N4O9S2/c1-31-18(27)11-8-34-19(21-11)23-16(25)12(5-6-35(2,29)30)24-17(26)15(22-20(24)28)10-3-4-13-14(7-10)33-9-32-13/h3-4,7-8,12,15H,5-6,9H2,1-2H3,(H,22,28)(H,21,23,25). The van der Waals surface area contributed by atoms with E-state index in [0.717, 1.165) is 17.6 Å². The highest BCUT2D eigenvalue weighted by atomic mass is 32.2. The number of amides is 4. The molecule has 13 nitrogen and oxygen atoms in total. The van der Waals surface area contributed by atoms with Gasteiger partial charge in [0.05, 0.1) is 12.9 Å². The van der Waals surface area contributed by atoms with E-state index < -0.39 is 51.5 Å². The number of imide groups is 1. The zero-order valence-corrected chi connectivity index (χ0v) is 20.1. The van der Waals surface area contributed by atoms with Gasteiger partial charge in [-0.15, -0.1) is 11.3 Å². The summed E-state index contributed by atoms with van der Waals surface area (Å²) in [6.45, 7) is 0.0259. The topological polar surface area (TPSA) is 170 Å². The van der Waals surface area contributed by atoms with E-state index in [-0.39, 0.29) is 24.0 Å². The lowest BCUT2D eigenvalue weighted by Gasteiger charge is -2.24. The number of esters is 1. The van der Waals surface area contributed by atoms with Gasteiger partial charge in [-0.3, -0.25) is 9.59 Å². The summed E-state index contributed by atoms with van der Waals surface area (Å²) < 4.78 is 38.7. The first kappa shape index (κ1) is 24.4. The smallest absolute Gasteiger partial charge is 0.357 e. The molecule has 1 fully saturated rings. The van der Waals surface area contributed by atoms with Crippen LogP contribution in [-0.4, -0.2) is 74.1 Å². The molecular formula is C20H20N4O9S2. The van der Waals surface area contributed by atoms with Crippen LogP contribution in [0.3, 0.4) is 0 Å². The van der Waals surface area contributed by atoms with Crippen LogP contribution in [0.25, 0.3) is 0 Å². The van der Waals surface area contributed by atoms with Crippen molar-refractivity contribution in [3.8, 4) is 11.5 Å². The number of aromatic nitrogens is 1. The molecule has 0 aliphatic carbocycles. The van der Waals surface area contributed by atoms with Crippen LogP contribution in [0.5, 0.6) is 11.5 Å². The van der Waals surface area contributed by atoms with Crippen molar-refractivity contribution >= 4 is 50.1 Å². The van der Waals surface area contributed by atoms with E-state index >= 15 is 0 Å². The fraction of sp³-hybridized carbons (Fsp3) is 0.350. The van der Waals surface area contributed by atoms with Gasteiger partial charge in [-0.25, -0.2) is 27.9 Å². The third-order valence-corrected chi connectivity index (χ3v) is 6.94. The summed E-state index contributed by atoms with van der Waals surface area (Å²) >= 11 is 0.924. The number of hydrogen-bond donors (Lipinski definition) is 2. The van der Waals surface area contributed by atoms with Gasteiger partial charge in [0.2, 0.25) is 12.7 Å². The summed E-state index contributed by atoms with van der Waals surface area (Å²) in [6, 6.07) is 1.29. The molecule has 15 heteroatoms. The van der Waals surface area contributed by atoms with E-state index in [9.17, 15) is 27.6 Å². The average molecular weight is 525 g/mol. The normalized spacial score (nSPS) is 17.8. The number of fused-ring (bicyclic) bond motifs is 1. The fourth-order valence-corrected chi connectivity index (χ4v) is 4.86. The highest BCUT2D eigenvalue weighted by Gasteiger charge is 2.45. The zero-order chi connectivity index (χ0) is 25.3. The number of thiazole rings is 1. The predicted octanol–water partition coefficient (Wildman–Crippen LogP) is 0.693. The first-order chi connectivity index (χ1) is 16.6. The molecule has 2 aromatic rings. The lowest BCUT2D eigenvalue weighted by Crippen LogP contribution is -2.48. The van der Waals surface area contributed by atoms with E-state index in [0.29, 0.717) is 22.0 Å². The zero-order valence-electron chi connectivity index (χ0n) is 18.5. The molecule has 4 rings (SSSR count). The number of nitrogens with one attached hydrogen (secondary N) is 2. The Balaban J connectivity index is 1.58. The van der Waals surface area contributed by atoms with Crippen LogP contribution in [0.2, 0.25) is 0 Å². The van der Waals surface area contributed by atoms with Gasteiger partial charge in [-0.1, -0.05) is 6.07 Å². The van der Waals surface area contributed by atoms with Crippen LogP contribution in [0, 0.1) is 0 Å². The molecule has 1 aromatic heterocycles. The Morgan fingerprint density at radius 1 is 1.31 bits per heavy atom. The molecule has 2 aliphatic heterocycles. The van der Waals surface area contributed by atoms with Gasteiger partial charge in [0.1, 0.15) is 21.9 Å². The van der Waals surface area contributed by atoms with E-state index in [1.165, 1.54) is 12.5 Å². The van der Waals surface area contributed by atoms with Crippen molar-refractivity contribution in [2.75, 3.05) is 31.2 Å². The Labute approximate surface area is 203 Å². The fourth-order valence-electron chi connectivity index (χ4n) is 3.53. The second-order valence-corrected chi connectivity index (χ2v) is 10.8. The number of rotatable bonds is 8. The Bertz CT molecular complexity index is 1310. The third kappa shape index (κ3) is 5.19. The van der Waals surface area contributed by atoms with Crippen LogP contribution in [0.1, 0.15) is 28.5 Å². The molecule has 3 heterocycles. The number of carbonyl (C=O) groups is 4. The second-order valence-electron chi connectivity index (χ2n) is 7.66. The van der Waals surface area contributed by atoms with Crippen LogP contribution in [0.15, 0.2) is 23.6 Å². The van der Waals surface area contributed by atoms with Gasteiger partial charge >= 0.3 is 12.0 Å². The maximum atomic E-state index is 13.2. The quantitative estimate of drug-likeness (QED) is 0.370. The lowest BCUT2D eigenvalue weighted by atomic mass is 10.1. The molecule has 2 aliphatic rings. The molecule has 2 N–H and O–H groups in total. The van der Waals surface area contributed by atoms with Gasteiger partial charge < -0.3 is 24.8 Å². The Morgan fingerprint density at radius 3 is 2.77 bits per heavy atom. The molecule has 0 spiro atoms. The summed E-state index contributed by atoms with van der Waals surface area (Å²) in [7, 11) is -2.35. The summed E-state index contributed by atoms with van der Waals surface area (Å²) in [5.41, 5.74) is 0.360. The molecule has 2 unspecified atom stereocenters. The summed E-state index contributed by atoms with van der Waals surface area (Å²) in [5, 5.41) is 6.33. The van der Waals surface area contributed by atoms with Gasteiger partial charge in [-0.05, 0) is 24.1 Å². The van der Waals surface area contributed by atoms with Crippen molar-refractivity contribution in [2.45, 2.75) is 18.5 Å². The Kier molecular flexibility index (Phi) is 6.62.